The third kappa shape index (κ3) is 3.90. The number of methoxy groups -OCH3 is 2. The van der Waals surface area contributed by atoms with E-state index >= 15 is 0 Å². The number of halogens is 1. The molecule has 1 saturated heterocycles. The SMILES string of the molecule is COC(=O)N1c2ccc3c(nc(Cc4ccc(OC)c(F)c4)n3C3CCNCC3)c2CC[C@@H]1C. The summed E-state index contributed by atoms with van der Waals surface area (Å²) >= 11 is 0. The Balaban J connectivity index is 1.64. The highest BCUT2D eigenvalue weighted by atomic mass is 19.1. The third-order valence-electron chi connectivity index (χ3n) is 7.15. The highest BCUT2D eigenvalue weighted by Crippen LogP contribution is 2.38. The first kappa shape index (κ1) is 22.7. The first-order valence-corrected chi connectivity index (χ1v) is 11.9. The van der Waals surface area contributed by atoms with Crippen molar-refractivity contribution in [2.24, 2.45) is 0 Å². The molecule has 7 nitrogen and oxygen atoms in total. The summed E-state index contributed by atoms with van der Waals surface area (Å²) in [6.07, 6.45) is 3.89. The number of anilines is 1. The maximum Gasteiger partial charge on any atom is 0.414 e. The van der Waals surface area contributed by atoms with Crippen molar-refractivity contribution >= 4 is 22.8 Å². The summed E-state index contributed by atoms with van der Waals surface area (Å²) in [7, 11) is 2.88. The van der Waals surface area contributed by atoms with Gasteiger partial charge in [-0.1, -0.05) is 6.07 Å². The van der Waals surface area contributed by atoms with Gasteiger partial charge in [0, 0.05) is 24.1 Å². The lowest BCUT2D eigenvalue weighted by molar-refractivity contribution is 0.175. The van der Waals surface area contributed by atoms with E-state index in [-0.39, 0.29) is 23.7 Å². The minimum absolute atomic E-state index is 0.0608. The second-order valence-electron chi connectivity index (χ2n) is 9.18. The molecule has 1 atom stereocenters. The predicted molar refractivity (Wildman–Crippen MR) is 129 cm³/mol. The fraction of sp³-hybridized carbons (Fsp3) is 0.462. The van der Waals surface area contributed by atoms with Crippen LogP contribution in [0.25, 0.3) is 11.0 Å². The number of nitrogens with zero attached hydrogens (tertiary/aromatic N) is 3. The minimum atomic E-state index is -0.371. The summed E-state index contributed by atoms with van der Waals surface area (Å²) in [4.78, 5) is 19.4. The third-order valence-corrected chi connectivity index (χ3v) is 7.15. The highest BCUT2D eigenvalue weighted by Gasteiger charge is 2.32. The zero-order chi connectivity index (χ0) is 23.8. The Morgan fingerprint density at radius 3 is 2.68 bits per heavy atom. The number of fused-ring (bicyclic) bond motifs is 3. The van der Waals surface area contributed by atoms with Crippen molar-refractivity contribution in [3.8, 4) is 5.75 Å². The summed E-state index contributed by atoms with van der Waals surface area (Å²) in [5.41, 5.74) is 4.81. The second kappa shape index (κ2) is 9.25. The van der Waals surface area contributed by atoms with Crippen molar-refractivity contribution < 1.29 is 18.7 Å². The second-order valence-corrected chi connectivity index (χ2v) is 9.18. The summed E-state index contributed by atoms with van der Waals surface area (Å²) in [6, 6.07) is 9.58. The molecule has 1 aromatic heterocycles. The number of hydrogen-bond donors (Lipinski definition) is 1. The van der Waals surface area contributed by atoms with Crippen LogP contribution in [0.2, 0.25) is 0 Å². The van der Waals surface area contributed by atoms with Crippen molar-refractivity contribution in [1.29, 1.82) is 0 Å². The van der Waals surface area contributed by atoms with Crippen LogP contribution in [0.4, 0.5) is 14.9 Å². The molecule has 2 aromatic carbocycles. The smallest absolute Gasteiger partial charge is 0.414 e. The van der Waals surface area contributed by atoms with Gasteiger partial charge in [-0.2, -0.15) is 0 Å². The molecular formula is C26H31FN4O3. The van der Waals surface area contributed by atoms with Crippen LogP contribution >= 0.6 is 0 Å². The molecule has 0 aliphatic carbocycles. The molecule has 0 saturated carbocycles. The fourth-order valence-electron chi connectivity index (χ4n) is 5.42. The van der Waals surface area contributed by atoms with E-state index in [0.29, 0.717) is 12.5 Å². The molecule has 8 heteroatoms. The number of aryl methyl sites for hydroxylation is 1. The number of aromatic nitrogens is 2. The van der Waals surface area contributed by atoms with E-state index in [9.17, 15) is 9.18 Å². The molecule has 2 aliphatic heterocycles. The zero-order valence-electron chi connectivity index (χ0n) is 19.9. The van der Waals surface area contributed by atoms with Gasteiger partial charge in [0.2, 0.25) is 0 Å². The molecule has 0 radical (unpaired) electrons. The topological polar surface area (TPSA) is 68.6 Å². The molecule has 3 heterocycles. The lowest BCUT2D eigenvalue weighted by Gasteiger charge is -2.34. The van der Waals surface area contributed by atoms with E-state index in [0.717, 1.165) is 72.4 Å². The van der Waals surface area contributed by atoms with E-state index in [1.807, 2.05) is 19.1 Å². The van der Waals surface area contributed by atoms with E-state index in [4.69, 9.17) is 14.5 Å². The Morgan fingerprint density at radius 2 is 1.97 bits per heavy atom. The predicted octanol–water partition coefficient (Wildman–Crippen LogP) is 4.61. The number of imidazole rings is 1. The minimum Gasteiger partial charge on any atom is -0.494 e. The van der Waals surface area contributed by atoms with Crippen molar-refractivity contribution in [2.45, 2.75) is 51.1 Å². The number of ether oxygens (including phenoxy) is 2. The van der Waals surface area contributed by atoms with Crippen LogP contribution in [0.15, 0.2) is 30.3 Å². The van der Waals surface area contributed by atoms with E-state index in [2.05, 4.69) is 16.0 Å². The molecule has 3 aromatic rings. The van der Waals surface area contributed by atoms with Gasteiger partial charge in [-0.25, -0.2) is 14.2 Å². The molecule has 2 aliphatic rings. The van der Waals surface area contributed by atoms with Crippen LogP contribution in [0, 0.1) is 5.82 Å². The molecule has 180 valence electrons. The number of rotatable bonds is 4. The van der Waals surface area contributed by atoms with Gasteiger partial charge in [-0.3, -0.25) is 4.90 Å². The molecule has 5 rings (SSSR count). The molecule has 0 unspecified atom stereocenters. The number of hydrogen-bond acceptors (Lipinski definition) is 5. The summed E-state index contributed by atoms with van der Waals surface area (Å²) in [5.74, 6) is 0.786. The first-order chi connectivity index (χ1) is 16.5. The van der Waals surface area contributed by atoms with Crippen LogP contribution in [-0.2, 0) is 17.6 Å². The van der Waals surface area contributed by atoms with Gasteiger partial charge in [0.1, 0.15) is 5.82 Å². The Kier molecular flexibility index (Phi) is 6.16. The Bertz CT molecular complexity index is 1220. The van der Waals surface area contributed by atoms with Gasteiger partial charge < -0.3 is 19.4 Å². The molecule has 1 amide bonds. The van der Waals surface area contributed by atoms with Crippen LogP contribution in [0.5, 0.6) is 5.75 Å². The van der Waals surface area contributed by atoms with Crippen molar-refractivity contribution in [3.05, 3.63) is 53.1 Å². The lowest BCUT2D eigenvalue weighted by Crippen LogP contribution is -2.42. The largest absolute Gasteiger partial charge is 0.494 e. The zero-order valence-corrected chi connectivity index (χ0v) is 19.9. The van der Waals surface area contributed by atoms with Crippen LogP contribution < -0.4 is 15.0 Å². The van der Waals surface area contributed by atoms with E-state index < -0.39 is 0 Å². The van der Waals surface area contributed by atoms with Crippen molar-refractivity contribution in [1.82, 2.24) is 14.9 Å². The number of benzene rings is 2. The average molecular weight is 467 g/mol. The molecule has 34 heavy (non-hydrogen) atoms. The number of piperidine rings is 1. The number of carbonyl (C=O) groups excluding carboxylic acids is 1. The van der Waals surface area contributed by atoms with Gasteiger partial charge in [0.05, 0.1) is 30.9 Å². The number of amides is 1. The van der Waals surface area contributed by atoms with Gasteiger partial charge in [0.15, 0.2) is 11.6 Å². The number of carbonyl (C=O) groups is 1. The highest BCUT2D eigenvalue weighted by molar-refractivity contribution is 5.95. The lowest BCUT2D eigenvalue weighted by atomic mass is 9.95. The number of nitrogens with one attached hydrogen (secondary N) is 1. The van der Waals surface area contributed by atoms with E-state index in [1.165, 1.54) is 20.3 Å². The van der Waals surface area contributed by atoms with Crippen LogP contribution in [0.3, 0.4) is 0 Å². The van der Waals surface area contributed by atoms with E-state index in [1.54, 1.807) is 11.0 Å². The summed E-state index contributed by atoms with van der Waals surface area (Å²) < 4.78 is 26.9. The van der Waals surface area contributed by atoms with Crippen molar-refractivity contribution in [3.63, 3.8) is 0 Å². The molecule has 0 spiro atoms. The quantitative estimate of drug-likeness (QED) is 0.608. The summed E-state index contributed by atoms with van der Waals surface area (Å²) in [5, 5.41) is 3.44. The molecule has 1 N–H and O–H groups in total. The molecular weight excluding hydrogens is 435 g/mol. The van der Waals surface area contributed by atoms with Crippen molar-refractivity contribution in [2.75, 3.05) is 32.2 Å². The van der Waals surface area contributed by atoms with Gasteiger partial charge in [-0.15, -0.1) is 0 Å². The maximum atomic E-state index is 14.4. The standard InChI is InChI=1S/C26H31FN4O3/c1-16-4-6-19-21(30(16)26(32)34-3)7-8-22-25(19)29-24(31(22)18-10-12-28-13-11-18)15-17-5-9-23(33-2)20(27)14-17/h5,7-9,14,16,18,28H,4,6,10-13,15H2,1-3H3/t16-/m0/s1. The average Bonchev–Trinajstić information content (AvgIpc) is 3.22. The van der Waals surface area contributed by atoms with Gasteiger partial charge >= 0.3 is 6.09 Å². The fourth-order valence-corrected chi connectivity index (χ4v) is 5.42. The molecule has 0 bridgehead atoms. The Morgan fingerprint density at radius 1 is 1.18 bits per heavy atom. The molecule has 1 fully saturated rings. The van der Waals surface area contributed by atoms with Gasteiger partial charge in [-0.05, 0) is 75.5 Å². The Labute approximate surface area is 198 Å². The van der Waals surface area contributed by atoms with Crippen LogP contribution in [-0.4, -0.2) is 49.0 Å². The van der Waals surface area contributed by atoms with Gasteiger partial charge in [0.25, 0.3) is 0 Å². The Hall–Kier alpha value is -3.13. The summed E-state index contributed by atoms with van der Waals surface area (Å²) in [6.45, 7) is 3.96. The first-order valence-electron chi connectivity index (χ1n) is 11.9. The van der Waals surface area contributed by atoms with Crippen LogP contribution in [0.1, 0.15) is 49.2 Å². The monoisotopic (exact) mass is 466 g/mol. The maximum absolute atomic E-state index is 14.4. The normalized spacial score (nSPS) is 18.7.